The minimum atomic E-state index is 0.193. The number of nitrogens with one attached hydrogen (secondary N) is 2. The van der Waals surface area contributed by atoms with Gasteiger partial charge in [-0.05, 0) is 31.6 Å². The van der Waals surface area contributed by atoms with Crippen LogP contribution in [0.2, 0.25) is 0 Å². The van der Waals surface area contributed by atoms with Crippen molar-refractivity contribution in [1.82, 2.24) is 15.2 Å². The summed E-state index contributed by atoms with van der Waals surface area (Å²) >= 11 is 1.68. The molecule has 4 unspecified atom stereocenters. The second-order valence-electron chi connectivity index (χ2n) is 5.71. The fourth-order valence-corrected chi connectivity index (χ4v) is 4.65. The maximum absolute atomic E-state index is 11.7. The predicted octanol–water partition coefficient (Wildman–Crippen LogP) is 0.656. The first-order chi connectivity index (χ1) is 8.16. The van der Waals surface area contributed by atoms with Crippen LogP contribution in [0.25, 0.3) is 0 Å². The lowest BCUT2D eigenvalue weighted by molar-refractivity contribution is -0.117. The number of hydrazine groups is 1. The quantitative estimate of drug-likeness (QED) is 0.725. The van der Waals surface area contributed by atoms with E-state index < -0.39 is 0 Å². The van der Waals surface area contributed by atoms with Gasteiger partial charge in [0.25, 0.3) is 0 Å². The molecule has 2 heterocycles. The normalized spacial score (nSPS) is 43.2. The van der Waals surface area contributed by atoms with E-state index in [1.807, 2.05) is 0 Å². The van der Waals surface area contributed by atoms with Crippen LogP contribution < -0.4 is 10.1 Å². The van der Waals surface area contributed by atoms with Crippen LogP contribution in [0.4, 0.5) is 0 Å². The highest BCUT2D eigenvalue weighted by Crippen LogP contribution is 2.48. The molecule has 2 N–H and O–H groups in total. The molecule has 96 valence electrons. The van der Waals surface area contributed by atoms with Gasteiger partial charge in [-0.3, -0.25) is 14.9 Å². The number of carbonyl (C=O) groups is 1. The lowest BCUT2D eigenvalue weighted by Crippen LogP contribution is -2.40. The Morgan fingerprint density at radius 1 is 1.35 bits per heavy atom. The Balaban J connectivity index is 1.73. The minimum absolute atomic E-state index is 0.193. The van der Waals surface area contributed by atoms with Crippen molar-refractivity contribution in [3.8, 4) is 0 Å². The van der Waals surface area contributed by atoms with Crippen molar-refractivity contribution in [2.75, 3.05) is 20.1 Å². The number of nitrogens with zero attached hydrogens (tertiary/aromatic N) is 1. The van der Waals surface area contributed by atoms with Gasteiger partial charge in [-0.2, -0.15) is 0 Å². The average Bonchev–Trinajstić information content (AvgIpc) is 2.87. The molecule has 1 saturated carbocycles. The molecule has 0 aromatic rings. The number of carbonyl (C=O) groups excluding carboxylic acids is 1. The highest BCUT2D eigenvalue weighted by atomic mass is 32.2. The summed E-state index contributed by atoms with van der Waals surface area (Å²) < 4.78 is 3.55. The van der Waals surface area contributed by atoms with E-state index >= 15 is 0 Å². The van der Waals surface area contributed by atoms with E-state index in [0.717, 1.165) is 19.0 Å². The monoisotopic (exact) mass is 255 g/mol. The Labute approximate surface area is 107 Å². The SMILES string of the molecule is CC(=O)C1SNC(C2CNN(C)C2)C1C1CC1. The highest BCUT2D eigenvalue weighted by Gasteiger charge is 2.50. The molecule has 3 fully saturated rings. The summed E-state index contributed by atoms with van der Waals surface area (Å²) in [6.07, 6.45) is 2.65. The third-order valence-electron chi connectivity index (χ3n) is 4.30. The van der Waals surface area contributed by atoms with Crippen LogP contribution in [-0.4, -0.2) is 42.2 Å². The first-order valence-electron chi connectivity index (χ1n) is 6.53. The van der Waals surface area contributed by atoms with Gasteiger partial charge >= 0.3 is 0 Å². The number of rotatable bonds is 3. The molecule has 4 nitrogen and oxygen atoms in total. The lowest BCUT2D eigenvalue weighted by Gasteiger charge is -2.25. The van der Waals surface area contributed by atoms with Crippen LogP contribution in [-0.2, 0) is 4.79 Å². The molecular formula is C12H21N3OS. The first-order valence-corrected chi connectivity index (χ1v) is 7.41. The zero-order chi connectivity index (χ0) is 12.0. The summed E-state index contributed by atoms with van der Waals surface area (Å²) in [4.78, 5) is 11.7. The van der Waals surface area contributed by atoms with E-state index in [2.05, 4.69) is 22.2 Å². The van der Waals surface area contributed by atoms with Crippen molar-refractivity contribution in [3.05, 3.63) is 0 Å². The molecule has 0 spiro atoms. The molecule has 4 atom stereocenters. The van der Waals surface area contributed by atoms with Crippen molar-refractivity contribution in [2.24, 2.45) is 17.8 Å². The molecule has 3 aliphatic rings. The smallest absolute Gasteiger partial charge is 0.144 e. The third kappa shape index (κ3) is 2.26. The molecule has 1 aliphatic carbocycles. The van der Waals surface area contributed by atoms with Gasteiger partial charge in [-0.15, -0.1) is 0 Å². The predicted molar refractivity (Wildman–Crippen MR) is 69.3 cm³/mol. The molecule has 0 radical (unpaired) electrons. The summed E-state index contributed by atoms with van der Waals surface area (Å²) in [5.74, 6) is 2.35. The molecule has 2 saturated heterocycles. The fourth-order valence-electron chi connectivity index (χ4n) is 3.28. The molecule has 2 aliphatic heterocycles. The molecule has 3 rings (SSSR count). The Morgan fingerprint density at radius 3 is 2.65 bits per heavy atom. The molecule has 0 aromatic carbocycles. The summed E-state index contributed by atoms with van der Waals surface area (Å²) in [5.41, 5.74) is 3.37. The van der Waals surface area contributed by atoms with Crippen LogP contribution in [0.3, 0.4) is 0 Å². The van der Waals surface area contributed by atoms with Crippen LogP contribution in [0, 0.1) is 17.8 Å². The largest absolute Gasteiger partial charge is 0.299 e. The zero-order valence-electron chi connectivity index (χ0n) is 10.5. The van der Waals surface area contributed by atoms with Crippen molar-refractivity contribution < 1.29 is 4.79 Å². The number of hydrogen-bond donors (Lipinski definition) is 2. The summed E-state index contributed by atoms with van der Waals surface area (Å²) in [7, 11) is 2.09. The number of Topliss-reactive ketones (excluding diaryl/α,β-unsaturated/α-hetero) is 1. The van der Waals surface area contributed by atoms with E-state index in [9.17, 15) is 4.79 Å². The summed E-state index contributed by atoms with van der Waals surface area (Å²) in [6, 6.07) is 0.513. The Hall–Kier alpha value is -0.100. The van der Waals surface area contributed by atoms with Crippen molar-refractivity contribution >= 4 is 17.7 Å². The lowest BCUT2D eigenvalue weighted by atomic mass is 9.82. The average molecular weight is 255 g/mol. The van der Waals surface area contributed by atoms with Gasteiger partial charge in [0, 0.05) is 32.1 Å². The minimum Gasteiger partial charge on any atom is -0.299 e. The van der Waals surface area contributed by atoms with Crippen molar-refractivity contribution in [1.29, 1.82) is 0 Å². The molecule has 5 heteroatoms. The number of hydrogen-bond acceptors (Lipinski definition) is 5. The van der Waals surface area contributed by atoms with E-state index in [1.54, 1.807) is 18.9 Å². The topological polar surface area (TPSA) is 44.4 Å². The van der Waals surface area contributed by atoms with Gasteiger partial charge in [0.05, 0.1) is 5.25 Å². The van der Waals surface area contributed by atoms with Gasteiger partial charge in [0.2, 0.25) is 0 Å². The van der Waals surface area contributed by atoms with Gasteiger partial charge in [0.1, 0.15) is 5.78 Å². The zero-order valence-corrected chi connectivity index (χ0v) is 11.3. The summed E-state index contributed by atoms with van der Waals surface area (Å²) in [5, 5.41) is 2.36. The maximum atomic E-state index is 11.7. The molecule has 0 amide bonds. The maximum Gasteiger partial charge on any atom is 0.144 e. The number of ketones is 1. The molecule has 17 heavy (non-hydrogen) atoms. The Kier molecular flexibility index (Phi) is 3.19. The first kappa shape index (κ1) is 12.0. The molecular weight excluding hydrogens is 234 g/mol. The summed E-state index contributed by atoms with van der Waals surface area (Å²) in [6.45, 7) is 3.88. The second kappa shape index (κ2) is 4.53. The highest BCUT2D eigenvalue weighted by molar-refractivity contribution is 7.99. The molecule has 0 bridgehead atoms. The van der Waals surface area contributed by atoms with Crippen LogP contribution in [0.5, 0.6) is 0 Å². The van der Waals surface area contributed by atoms with Gasteiger partial charge in [-0.25, -0.2) is 5.01 Å². The van der Waals surface area contributed by atoms with E-state index in [4.69, 9.17) is 0 Å². The van der Waals surface area contributed by atoms with E-state index in [1.165, 1.54) is 12.8 Å². The van der Waals surface area contributed by atoms with Gasteiger partial charge < -0.3 is 0 Å². The Bertz CT molecular complexity index is 321. The van der Waals surface area contributed by atoms with E-state index in [-0.39, 0.29) is 5.25 Å². The third-order valence-corrected chi connectivity index (χ3v) is 5.61. The Morgan fingerprint density at radius 2 is 2.12 bits per heavy atom. The second-order valence-corrected chi connectivity index (χ2v) is 6.69. The van der Waals surface area contributed by atoms with Crippen LogP contribution in [0.1, 0.15) is 19.8 Å². The van der Waals surface area contributed by atoms with Crippen molar-refractivity contribution in [3.63, 3.8) is 0 Å². The van der Waals surface area contributed by atoms with Crippen molar-refractivity contribution in [2.45, 2.75) is 31.1 Å². The molecule has 0 aromatic heterocycles. The van der Waals surface area contributed by atoms with Crippen LogP contribution in [0.15, 0.2) is 0 Å². The van der Waals surface area contributed by atoms with E-state index in [0.29, 0.717) is 23.7 Å². The fraction of sp³-hybridized carbons (Fsp3) is 0.917. The van der Waals surface area contributed by atoms with Crippen LogP contribution >= 0.6 is 11.9 Å². The standard InChI is InChI=1S/C12H21N3OS/c1-7(16)12-10(8-3-4-8)11(14-17-12)9-5-13-15(2)6-9/h8-14H,3-6H2,1-2H3. The van der Waals surface area contributed by atoms with Gasteiger partial charge in [-0.1, -0.05) is 11.9 Å². The van der Waals surface area contributed by atoms with Gasteiger partial charge in [0.15, 0.2) is 0 Å².